The van der Waals surface area contributed by atoms with E-state index in [1.165, 1.54) is 0 Å². The Hall–Kier alpha value is -1.10. The molecule has 2 aliphatic rings. The van der Waals surface area contributed by atoms with Crippen molar-refractivity contribution in [3.8, 4) is 0 Å². The minimum Gasteiger partial charge on any atom is -0.480 e. The van der Waals surface area contributed by atoms with Gasteiger partial charge in [0.1, 0.15) is 5.41 Å². The van der Waals surface area contributed by atoms with Crippen LogP contribution in [0.2, 0.25) is 0 Å². The van der Waals surface area contributed by atoms with E-state index in [9.17, 15) is 14.7 Å². The average Bonchev–Trinajstić information content (AvgIpc) is 3.20. The molecule has 1 amide bonds. The Morgan fingerprint density at radius 2 is 1.85 bits per heavy atom. The number of ether oxygens (including phenoxy) is 1. The van der Waals surface area contributed by atoms with Gasteiger partial charge in [0.05, 0.1) is 6.10 Å². The number of hydrogen-bond donors (Lipinski definition) is 2. The van der Waals surface area contributed by atoms with Crippen LogP contribution < -0.4 is 5.32 Å². The number of carboxylic acid groups (broad SMARTS) is 1. The average molecular weight is 283 g/mol. The topological polar surface area (TPSA) is 75.6 Å². The highest BCUT2D eigenvalue weighted by Gasteiger charge is 2.60. The Balaban J connectivity index is 2.03. The third kappa shape index (κ3) is 2.12. The van der Waals surface area contributed by atoms with Gasteiger partial charge in [-0.15, -0.1) is 0 Å². The van der Waals surface area contributed by atoms with Crippen molar-refractivity contribution in [3.05, 3.63) is 0 Å². The zero-order valence-corrected chi connectivity index (χ0v) is 12.6. The van der Waals surface area contributed by atoms with E-state index in [0.29, 0.717) is 19.4 Å². The van der Waals surface area contributed by atoms with Crippen LogP contribution in [0.15, 0.2) is 0 Å². The summed E-state index contributed by atoms with van der Waals surface area (Å²) in [5.74, 6) is -1.30. The highest BCUT2D eigenvalue weighted by Crippen LogP contribution is 2.51. The van der Waals surface area contributed by atoms with Gasteiger partial charge < -0.3 is 15.2 Å². The minimum atomic E-state index is -1.15. The van der Waals surface area contributed by atoms with Gasteiger partial charge >= 0.3 is 5.97 Å². The summed E-state index contributed by atoms with van der Waals surface area (Å²) in [6, 6.07) is 0.0402. The maximum Gasteiger partial charge on any atom is 0.319 e. The number of carbonyl (C=O) groups is 2. The van der Waals surface area contributed by atoms with Gasteiger partial charge in [-0.1, -0.05) is 13.8 Å². The summed E-state index contributed by atoms with van der Waals surface area (Å²) in [7, 11) is 0. The Bertz CT molecular complexity index is 399. The third-order valence-electron chi connectivity index (χ3n) is 5.37. The molecule has 0 spiro atoms. The fraction of sp³-hybridized carbons (Fsp3) is 0.867. The number of amides is 1. The largest absolute Gasteiger partial charge is 0.480 e. The Labute approximate surface area is 120 Å². The summed E-state index contributed by atoms with van der Waals surface area (Å²) < 4.78 is 5.77. The van der Waals surface area contributed by atoms with Crippen molar-refractivity contribution < 1.29 is 19.4 Å². The van der Waals surface area contributed by atoms with E-state index in [2.05, 4.69) is 19.2 Å². The summed E-state index contributed by atoms with van der Waals surface area (Å²) in [5, 5.41) is 12.2. The van der Waals surface area contributed by atoms with Gasteiger partial charge in [0.15, 0.2) is 0 Å². The summed E-state index contributed by atoms with van der Waals surface area (Å²) >= 11 is 0. The SMILES string of the molecule is CCO[C@@H]1C[C@H](NC(=O)C2(C(=O)O)CC2)C1(CC)CC. The van der Waals surface area contributed by atoms with Crippen LogP contribution in [0.5, 0.6) is 0 Å². The van der Waals surface area contributed by atoms with E-state index < -0.39 is 11.4 Å². The lowest BCUT2D eigenvalue weighted by atomic mass is 9.58. The van der Waals surface area contributed by atoms with Crippen molar-refractivity contribution in [2.45, 2.75) is 65.0 Å². The Kier molecular flexibility index (Phi) is 4.09. The van der Waals surface area contributed by atoms with E-state index in [1.54, 1.807) is 0 Å². The number of carbonyl (C=O) groups excluding carboxylic acids is 1. The molecular weight excluding hydrogens is 258 g/mol. The fourth-order valence-electron chi connectivity index (χ4n) is 3.54. The molecule has 0 unspecified atom stereocenters. The van der Waals surface area contributed by atoms with Gasteiger partial charge in [-0.25, -0.2) is 0 Å². The molecule has 0 bridgehead atoms. The lowest BCUT2D eigenvalue weighted by Crippen LogP contribution is -2.65. The fourth-order valence-corrected chi connectivity index (χ4v) is 3.54. The van der Waals surface area contributed by atoms with Crippen LogP contribution in [0.3, 0.4) is 0 Å². The van der Waals surface area contributed by atoms with Gasteiger partial charge in [-0.2, -0.15) is 0 Å². The van der Waals surface area contributed by atoms with Crippen molar-refractivity contribution in [2.24, 2.45) is 10.8 Å². The first-order valence-electron chi connectivity index (χ1n) is 7.62. The number of hydrogen-bond acceptors (Lipinski definition) is 3. The highest BCUT2D eigenvalue weighted by atomic mass is 16.5. The van der Waals surface area contributed by atoms with E-state index in [1.807, 2.05) is 6.92 Å². The molecule has 20 heavy (non-hydrogen) atoms. The van der Waals surface area contributed by atoms with Crippen LogP contribution in [-0.2, 0) is 14.3 Å². The highest BCUT2D eigenvalue weighted by molar-refractivity contribution is 6.05. The van der Waals surface area contributed by atoms with Gasteiger partial charge in [-0.3, -0.25) is 9.59 Å². The van der Waals surface area contributed by atoms with Crippen molar-refractivity contribution in [1.82, 2.24) is 5.32 Å². The van der Waals surface area contributed by atoms with Gasteiger partial charge in [-0.05, 0) is 39.0 Å². The van der Waals surface area contributed by atoms with Crippen molar-refractivity contribution in [1.29, 1.82) is 0 Å². The standard InChI is InChI=1S/C15H25NO4/c1-4-14(5-2)10(9-11(14)20-6-3)16-12(17)15(7-8-15)13(18)19/h10-11H,4-9H2,1-3H3,(H,16,17)(H,18,19)/t10-,11+/m0/s1. The second kappa shape index (κ2) is 5.35. The maximum absolute atomic E-state index is 12.2. The first-order valence-corrected chi connectivity index (χ1v) is 7.62. The predicted octanol–water partition coefficient (Wildman–Crippen LogP) is 1.95. The van der Waals surface area contributed by atoms with E-state index in [4.69, 9.17) is 4.74 Å². The molecular formula is C15H25NO4. The number of carboxylic acids is 1. The molecule has 0 aromatic carbocycles. The molecule has 0 radical (unpaired) electrons. The van der Waals surface area contributed by atoms with Crippen molar-refractivity contribution in [3.63, 3.8) is 0 Å². The molecule has 0 aromatic rings. The first-order chi connectivity index (χ1) is 9.46. The smallest absolute Gasteiger partial charge is 0.319 e. The second-order valence-electron chi connectivity index (χ2n) is 6.03. The molecule has 5 heteroatoms. The van der Waals surface area contributed by atoms with Crippen molar-refractivity contribution in [2.75, 3.05) is 6.61 Å². The van der Waals surface area contributed by atoms with Crippen LogP contribution in [0, 0.1) is 10.8 Å². The second-order valence-corrected chi connectivity index (χ2v) is 6.03. The quantitative estimate of drug-likeness (QED) is 0.700. The summed E-state index contributed by atoms with van der Waals surface area (Å²) in [5.41, 5.74) is -1.19. The first kappa shape index (κ1) is 15.3. The molecule has 2 rings (SSSR count). The lowest BCUT2D eigenvalue weighted by Gasteiger charge is -2.55. The monoisotopic (exact) mass is 283 g/mol. The minimum absolute atomic E-state index is 0.0402. The zero-order chi connectivity index (χ0) is 15.0. The van der Waals surface area contributed by atoms with E-state index in [0.717, 1.165) is 19.3 Å². The molecule has 2 saturated carbocycles. The number of nitrogens with one attached hydrogen (secondary N) is 1. The lowest BCUT2D eigenvalue weighted by molar-refractivity contribution is -0.157. The Morgan fingerprint density at radius 1 is 1.25 bits per heavy atom. The molecule has 2 atom stereocenters. The molecule has 2 aliphatic carbocycles. The molecule has 0 heterocycles. The van der Waals surface area contributed by atoms with Gasteiger partial charge in [0.2, 0.25) is 5.91 Å². The summed E-state index contributed by atoms with van der Waals surface area (Å²) in [6.07, 6.45) is 3.74. The number of rotatable bonds is 7. The Morgan fingerprint density at radius 3 is 2.25 bits per heavy atom. The van der Waals surface area contributed by atoms with Crippen LogP contribution in [-0.4, -0.2) is 35.7 Å². The molecule has 2 N–H and O–H groups in total. The van der Waals surface area contributed by atoms with Crippen molar-refractivity contribution >= 4 is 11.9 Å². The third-order valence-corrected chi connectivity index (χ3v) is 5.37. The van der Waals surface area contributed by atoms with Crippen LogP contribution in [0.4, 0.5) is 0 Å². The summed E-state index contributed by atoms with van der Waals surface area (Å²) in [4.78, 5) is 23.4. The van der Waals surface area contributed by atoms with Crippen LogP contribution >= 0.6 is 0 Å². The molecule has 114 valence electrons. The molecule has 5 nitrogen and oxygen atoms in total. The van der Waals surface area contributed by atoms with E-state index >= 15 is 0 Å². The molecule has 0 aliphatic heterocycles. The molecule has 0 aromatic heterocycles. The zero-order valence-electron chi connectivity index (χ0n) is 12.6. The van der Waals surface area contributed by atoms with Crippen LogP contribution in [0.25, 0.3) is 0 Å². The maximum atomic E-state index is 12.2. The number of aliphatic carboxylic acids is 1. The van der Waals surface area contributed by atoms with Gasteiger partial charge in [0, 0.05) is 18.1 Å². The normalized spacial score (nSPS) is 29.4. The van der Waals surface area contributed by atoms with Crippen LogP contribution in [0.1, 0.15) is 52.9 Å². The molecule has 2 fully saturated rings. The molecule has 0 saturated heterocycles. The summed E-state index contributed by atoms with van der Waals surface area (Å²) in [6.45, 7) is 6.87. The van der Waals surface area contributed by atoms with Gasteiger partial charge in [0.25, 0.3) is 0 Å². The van der Waals surface area contributed by atoms with E-state index in [-0.39, 0.29) is 23.5 Å². The predicted molar refractivity (Wildman–Crippen MR) is 74.3 cm³/mol.